The largest absolute Gasteiger partial charge is 0.478 e. The van der Waals surface area contributed by atoms with Crippen LogP contribution in [0.25, 0.3) is 0 Å². The van der Waals surface area contributed by atoms with Crippen LogP contribution in [0, 0.1) is 5.92 Å². The van der Waals surface area contributed by atoms with Crippen LogP contribution in [-0.4, -0.2) is 47.1 Å². The zero-order valence-electron chi connectivity index (χ0n) is 13.9. The number of hydrogen-bond donors (Lipinski definition) is 1. The Balaban J connectivity index is 3.39. The molecule has 0 spiro atoms. The number of hydrogen-bond acceptors (Lipinski definition) is 5. The number of rotatable bonds is 7. The summed E-state index contributed by atoms with van der Waals surface area (Å²) in [5.41, 5.74) is 2.31. The van der Waals surface area contributed by atoms with Gasteiger partial charge in [0.15, 0.2) is 0 Å². The Morgan fingerprint density at radius 3 is 2.27 bits per heavy atom. The molecule has 0 saturated heterocycles. The summed E-state index contributed by atoms with van der Waals surface area (Å²) >= 11 is 1.68. The van der Waals surface area contributed by atoms with Crippen molar-refractivity contribution in [3.63, 3.8) is 0 Å². The van der Waals surface area contributed by atoms with E-state index in [0.29, 0.717) is 24.1 Å². The summed E-state index contributed by atoms with van der Waals surface area (Å²) < 4.78 is 5.16. The molecule has 0 amide bonds. The fourth-order valence-corrected chi connectivity index (χ4v) is 3.28. The van der Waals surface area contributed by atoms with E-state index in [9.17, 15) is 14.7 Å². The zero-order chi connectivity index (χ0) is 16.9. The Bertz CT molecular complexity index is 510. The highest BCUT2D eigenvalue weighted by Crippen LogP contribution is 2.37. The number of allylic oxidation sites excluding steroid dienone is 2. The third-order valence-corrected chi connectivity index (χ3v) is 4.53. The number of nitrogens with zero attached hydrogens (tertiary/aromatic N) is 1. The normalized spacial score (nSPS) is 18.8. The number of carbonyl (C=O) groups excluding carboxylic acids is 1. The van der Waals surface area contributed by atoms with Gasteiger partial charge in [0, 0.05) is 29.6 Å². The van der Waals surface area contributed by atoms with Crippen molar-refractivity contribution < 1.29 is 19.4 Å². The number of carbonyl (C=O) groups is 2. The molecule has 1 aliphatic heterocycles. The molecule has 22 heavy (non-hydrogen) atoms. The minimum absolute atomic E-state index is 0.280. The molecular formula is C16H25NO4S. The van der Waals surface area contributed by atoms with Gasteiger partial charge < -0.3 is 14.7 Å². The molecule has 1 aliphatic rings. The molecular weight excluding hydrogens is 302 g/mol. The van der Waals surface area contributed by atoms with Gasteiger partial charge in [0.1, 0.15) is 0 Å². The Labute approximate surface area is 136 Å². The van der Waals surface area contributed by atoms with Crippen molar-refractivity contribution in [2.24, 2.45) is 5.92 Å². The van der Waals surface area contributed by atoms with Crippen LogP contribution in [0.1, 0.15) is 34.1 Å². The van der Waals surface area contributed by atoms with Gasteiger partial charge in [-0.2, -0.15) is 11.8 Å². The number of ether oxygens (including phenoxy) is 1. The van der Waals surface area contributed by atoms with Crippen molar-refractivity contribution in [2.75, 3.05) is 25.2 Å². The summed E-state index contributed by atoms with van der Waals surface area (Å²) in [5.74, 6) is -0.934. The van der Waals surface area contributed by atoms with E-state index in [2.05, 4.69) is 0 Å². The van der Waals surface area contributed by atoms with E-state index in [1.54, 1.807) is 18.7 Å². The van der Waals surface area contributed by atoms with Crippen molar-refractivity contribution in [2.45, 2.75) is 34.1 Å². The minimum Gasteiger partial charge on any atom is -0.478 e. The van der Waals surface area contributed by atoms with Gasteiger partial charge in [-0.05, 0) is 33.4 Å². The summed E-state index contributed by atoms with van der Waals surface area (Å²) in [6.07, 6.45) is 2.56. The first-order valence-electron chi connectivity index (χ1n) is 7.48. The topological polar surface area (TPSA) is 66.8 Å². The fourth-order valence-electron chi connectivity index (χ4n) is 2.92. The summed E-state index contributed by atoms with van der Waals surface area (Å²) in [6.45, 7) is 8.29. The number of carboxylic acid groups (broad SMARTS) is 1. The molecule has 6 heteroatoms. The third kappa shape index (κ3) is 3.66. The molecule has 1 unspecified atom stereocenters. The predicted octanol–water partition coefficient (Wildman–Crippen LogP) is 2.89. The number of esters is 1. The number of aliphatic carboxylic acids is 1. The molecule has 0 aromatic rings. The van der Waals surface area contributed by atoms with Gasteiger partial charge in [-0.25, -0.2) is 9.59 Å². The van der Waals surface area contributed by atoms with Crippen LogP contribution >= 0.6 is 11.8 Å². The second-order valence-corrected chi connectivity index (χ2v) is 6.11. The molecule has 1 heterocycles. The molecule has 0 aromatic carbocycles. The van der Waals surface area contributed by atoms with Gasteiger partial charge in [0.05, 0.1) is 17.8 Å². The summed E-state index contributed by atoms with van der Waals surface area (Å²) in [5, 5.41) is 9.60. The molecule has 5 nitrogen and oxygen atoms in total. The molecule has 1 atom stereocenters. The Morgan fingerprint density at radius 2 is 1.82 bits per heavy atom. The van der Waals surface area contributed by atoms with Crippen molar-refractivity contribution in [1.82, 2.24) is 4.90 Å². The summed E-state index contributed by atoms with van der Waals surface area (Å²) in [4.78, 5) is 26.0. The molecule has 0 aliphatic carbocycles. The maximum atomic E-state index is 12.3. The van der Waals surface area contributed by atoms with E-state index in [-0.39, 0.29) is 6.61 Å². The van der Waals surface area contributed by atoms with Crippen LogP contribution in [0.4, 0.5) is 0 Å². The van der Waals surface area contributed by atoms with Crippen molar-refractivity contribution in [1.29, 1.82) is 0 Å². The van der Waals surface area contributed by atoms with Crippen molar-refractivity contribution in [3.05, 3.63) is 22.5 Å². The molecule has 1 rings (SSSR count). The molecule has 0 saturated carbocycles. The average molecular weight is 327 g/mol. The lowest BCUT2D eigenvalue weighted by molar-refractivity contribution is -0.139. The van der Waals surface area contributed by atoms with Gasteiger partial charge in [-0.1, -0.05) is 6.92 Å². The van der Waals surface area contributed by atoms with E-state index in [4.69, 9.17) is 4.74 Å². The highest BCUT2D eigenvalue weighted by molar-refractivity contribution is 7.98. The van der Waals surface area contributed by atoms with Crippen molar-refractivity contribution in [3.8, 4) is 0 Å². The lowest BCUT2D eigenvalue weighted by Gasteiger charge is -2.37. The minimum atomic E-state index is -0.965. The SMILES string of the molecule is CCOC(=O)C1=C(C)N(CCSC)C(C)=C(C(=O)O)C1CC. The third-order valence-electron chi connectivity index (χ3n) is 3.94. The first kappa shape index (κ1) is 18.6. The van der Waals surface area contributed by atoms with E-state index < -0.39 is 17.9 Å². The van der Waals surface area contributed by atoms with E-state index in [0.717, 1.165) is 17.1 Å². The van der Waals surface area contributed by atoms with Crippen LogP contribution in [0.15, 0.2) is 22.5 Å². The number of carboxylic acids is 1. The Kier molecular flexibility index (Phi) is 7.00. The van der Waals surface area contributed by atoms with Crippen LogP contribution in [0.5, 0.6) is 0 Å². The second-order valence-electron chi connectivity index (χ2n) is 5.13. The summed E-state index contributed by atoms with van der Waals surface area (Å²) in [6, 6.07) is 0. The number of thioether (sulfide) groups is 1. The molecule has 1 N–H and O–H groups in total. The van der Waals surface area contributed by atoms with Crippen LogP contribution in [-0.2, 0) is 14.3 Å². The smallest absolute Gasteiger partial charge is 0.336 e. The Morgan fingerprint density at radius 1 is 1.23 bits per heavy atom. The lowest BCUT2D eigenvalue weighted by Crippen LogP contribution is -2.36. The van der Waals surface area contributed by atoms with E-state index in [1.165, 1.54) is 0 Å². The maximum Gasteiger partial charge on any atom is 0.336 e. The highest BCUT2D eigenvalue weighted by Gasteiger charge is 2.37. The highest BCUT2D eigenvalue weighted by atomic mass is 32.2. The van der Waals surface area contributed by atoms with Crippen LogP contribution in [0.2, 0.25) is 0 Å². The molecule has 0 radical (unpaired) electrons. The molecule has 0 bridgehead atoms. The standard InChI is InChI=1S/C16H25NO4S/c1-6-12-13(15(18)19)10(3)17(8-9-22-5)11(4)14(12)16(20)21-7-2/h12H,6-9H2,1-5H3,(H,18,19). The average Bonchev–Trinajstić information content (AvgIpc) is 2.45. The fraction of sp³-hybridized carbons (Fsp3) is 0.625. The van der Waals surface area contributed by atoms with Gasteiger partial charge in [-0.3, -0.25) is 0 Å². The second kappa shape index (κ2) is 8.27. The monoisotopic (exact) mass is 327 g/mol. The van der Waals surface area contributed by atoms with Gasteiger partial charge in [0.2, 0.25) is 0 Å². The maximum absolute atomic E-state index is 12.3. The van der Waals surface area contributed by atoms with Gasteiger partial charge in [0.25, 0.3) is 0 Å². The first-order chi connectivity index (χ1) is 10.4. The zero-order valence-corrected chi connectivity index (χ0v) is 14.7. The van der Waals surface area contributed by atoms with E-state index in [1.807, 2.05) is 31.9 Å². The quantitative estimate of drug-likeness (QED) is 0.725. The predicted molar refractivity (Wildman–Crippen MR) is 88.5 cm³/mol. The van der Waals surface area contributed by atoms with Crippen LogP contribution < -0.4 is 0 Å². The Hall–Kier alpha value is -1.43. The van der Waals surface area contributed by atoms with E-state index >= 15 is 0 Å². The van der Waals surface area contributed by atoms with Gasteiger partial charge >= 0.3 is 11.9 Å². The molecule has 124 valence electrons. The first-order valence-corrected chi connectivity index (χ1v) is 8.88. The molecule has 0 aromatic heterocycles. The summed E-state index contributed by atoms with van der Waals surface area (Å²) in [7, 11) is 0. The van der Waals surface area contributed by atoms with Crippen LogP contribution in [0.3, 0.4) is 0 Å². The lowest BCUT2D eigenvalue weighted by atomic mass is 9.83. The van der Waals surface area contributed by atoms with Crippen molar-refractivity contribution >= 4 is 23.7 Å². The molecule has 0 fully saturated rings. The van der Waals surface area contributed by atoms with Gasteiger partial charge in [-0.15, -0.1) is 0 Å².